The Morgan fingerprint density at radius 1 is 1.04 bits per heavy atom. The number of methoxy groups -OCH3 is 1. The van der Waals surface area contributed by atoms with Crippen LogP contribution in [0.1, 0.15) is 23.2 Å². The largest absolute Gasteiger partial charge is 0.380 e. The average Bonchev–Trinajstić information content (AvgIpc) is 2.74. The van der Waals surface area contributed by atoms with E-state index >= 15 is 0 Å². The minimum Gasteiger partial charge on any atom is -0.380 e. The summed E-state index contributed by atoms with van der Waals surface area (Å²) in [6.07, 6.45) is 2.55. The molecule has 27 heavy (non-hydrogen) atoms. The van der Waals surface area contributed by atoms with Crippen molar-refractivity contribution in [2.75, 3.05) is 30.4 Å². The molecule has 4 heteroatoms. The van der Waals surface area contributed by atoms with Crippen LogP contribution in [0.5, 0.6) is 0 Å². The Kier molecular flexibility index (Phi) is 5.07. The number of benzene rings is 3. The first-order valence-corrected chi connectivity index (χ1v) is 9.41. The predicted octanol–water partition coefficient (Wildman–Crippen LogP) is 4.71. The summed E-state index contributed by atoms with van der Waals surface area (Å²) in [5.41, 5.74) is 2.63. The van der Waals surface area contributed by atoms with Crippen molar-refractivity contribution in [1.82, 2.24) is 0 Å². The number of piperidine rings is 1. The Morgan fingerprint density at radius 2 is 1.81 bits per heavy atom. The van der Waals surface area contributed by atoms with Crippen molar-refractivity contribution in [2.24, 2.45) is 0 Å². The van der Waals surface area contributed by atoms with E-state index in [0.29, 0.717) is 11.7 Å². The second-order valence-corrected chi connectivity index (χ2v) is 7.01. The Labute approximate surface area is 159 Å². The van der Waals surface area contributed by atoms with Gasteiger partial charge in [0.1, 0.15) is 0 Å². The van der Waals surface area contributed by atoms with E-state index < -0.39 is 0 Å². The topological polar surface area (TPSA) is 41.6 Å². The van der Waals surface area contributed by atoms with Crippen molar-refractivity contribution in [2.45, 2.75) is 18.9 Å². The smallest absolute Gasteiger partial charge is 0.255 e. The highest BCUT2D eigenvalue weighted by molar-refractivity contribution is 6.06. The number of carbonyl (C=O) groups excluding carboxylic acids is 1. The fourth-order valence-corrected chi connectivity index (χ4v) is 3.65. The number of amides is 1. The number of fused-ring (bicyclic) bond motifs is 1. The molecular weight excluding hydrogens is 336 g/mol. The van der Waals surface area contributed by atoms with E-state index in [1.165, 1.54) is 5.69 Å². The number of ether oxygens (including phenoxy) is 1. The van der Waals surface area contributed by atoms with Crippen LogP contribution in [0.25, 0.3) is 10.8 Å². The minimum atomic E-state index is -0.0917. The second kappa shape index (κ2) is 7.80. The minimum absolute atomic E-state index is 0.0917. The van der Waals surface area contributed by atoms with Gasteiger partial charge in [0.05, 0.1) is 6.10 Å². The Balaban J connectivity index is 1.45. The molecule has 3 aromatic carbocycles. The van der Waals surface area contributed by atoms with E-state index in [1.807, 2.05) is 54.6 Å². The monoisotopic (exact) mass is 360 g/mol. The summed E-state index contributed by atoms with van der Waals surface area (Å²) in [5, 5.41) is 5.19. The van der Waals surface area contributed by atoms with Gasteiger partial charge in [-0.1, -0.05) is 30.3 Å². The zero-order valence-electron chi connectivity index (χ0n) is 15.5. The first-order chi connectivity index (χ1) is 13.2. The van der Waals surface area contributed by atoms with E-state index in [4.69, 9.17) is 4.74 Å². The highest BCUT2D eigenvalue weighted by Crippen LogP contribution is 2.23. The molecule has 0 radical (unpaired) electrons. The molecule has 4 nitrogen and oxygen atoms in total. The number of carbonyl (C=O) groups is 1. The van der Waals surface area contributed by atoms with E-state index in [-0.39, 0.29) is 5.91 Å². The van der Waals surface area contributed by atoms with Crippen molar-refractivity contribution in [3.63, 3.8) is 0 Å². The normalized spacial score (nSPS) is 17.1. The molecule has 1 unspecified atom stereocenters. The molecular formula is C23H24N2O2. The maximum atomic E-state index is 12.6. The first kappa shape index (κ1) is 17.6. The zero-order chi connectivity index (χ0) is 18.6. The number of anilines is 2. The maximum absolute atomic E-state index is 12.6. The number of hydrogen-bond donors (Lipinski definition) is 1. The molecule has 0 bridgehead atoms. The lowest BCUT2D eigenvalue weighted by molar-refractivity contribution is 0.0893. The molecule has 1 heterocycles. The summed E-state index contributed by atoms with van der Waals surface area (Å²) < 4.78 is 5.50. The molecule has 138 valence electrons. The Bertz CT molecular complexity index is 937. The van der Waals surface area contributed by atoms with Gasteiger partial charge in [0.2, 0.25) is 0 Å². The van der Waals surface area contributed by atoms with E-state index in [9.17, 15) is 4.79 Å². The molecule has 1 aliphatic heterocycles. The van der Waals surface area contributed by atoms with Crippen LogP contribution in [0.2, 0.25) is 0 Å². The van der Waals surface area contributed by atoms with E-state index in [2.05, 4.69) is 22.3 Å². The first-order valence-electron chi connectivity index (χ1n) is 9.41. The molecule has 1 N–H and O–H groups in total. The van der Waals surface area contributed by atoms with Gasteiger partial charge in [-0.3, -0.25) is 4.79 Å². The lowest BCUT2D eigenvalue weighted by atomic mass is 10.1. The summed E-state index contributed by atoms with van der Waals surface area (Å²) >= 11 is 0. The van der Waals surface area contributed by atoms with Crippen LogP contribution in [-0.4, -0.2) is 32.2 Å². The third kappa shape index (κ3) is 3.96. The van der Waals surface area contributed by atoms with Crippen LogP contribution >= 0.6 is 0 Å². The van der Waals surface area contributed by atoms with Crippen LogP contribution in [0.15, 0.2) is 66.7 Å². The summed E-state index contributed by atoms with van der Waals surface area (Å²) in [4.78, 5) is 14.9. The number of nitrogens with one attached hydrogen (secondary N) is 1. The second-order valence-electron chi connectivity index (χ2n) is 7.01. The van der Waals surface area contributed by atoms with Gasteiger partial charge in [-0.05, 0) is 60.0 Å². The van der Waals surface area contributed by atoms with Gasteiger partial charge in [-0.2, -0.15) is 0 Å². The van der Waals surface area contributed by atoms with Gasteiger partial charge in [0.15, 0.2) is 0 Å². The van der Waals surface area contributed by atoms with Crippen molar-refractivity contribution in [3.05, 3.63) is 72.3 Å². The Hall–Kier alpha value is -2.85. The van der Waals surface area contributed by atoms with Gasteiger partial charge in [-0.25, -0.2) is 0 Å². The molecule has 1 amide bonds. The molecule has 0 spiro atoms. The van der Waals surface area contributed by atoms with Crippen LogP contribution in [-0.2, 0) is 4.74 Å². The summed E-state index contributed by atoms with van der Waals surface area (Å²) in [6, 6.07) is 21.9. The standard InChI is InChI=1S/C23H24N2O2/c1-27-22-7-4-14-25(16-22)21-12-10-20(11-13-21)24-23(26)19-9-8-17-5-2-3-6-18(17)15-19/h2-3,5-6,8-13,15,22H,4,7,14,16H2,1H3,(H,24,26). The number of nitrogens with zero attached hydrogens (tertiary/aromatic N) is 1. The van der Waals surface area contributed by atoms with Crippen molar-refractivity contribution in [1.29, 1.82) is 0 Å². The van der Waals surface area contributed by atoms with E-state index in [0.717, 1.165) is 42.4 Å². The molecule has 0 aliphatic carbocycles. The lowest BCUT2D eigenvalue weighted by Gasteiger charge is -2.33. The van der Waals surface area contributed by atoms with Crippen molar-refractivity contribution < 1.29 is 9.53 Å². The summed E-state index contributed by atoms with van der Waals surface area (Å²) in [6.45, 7) is 1.96. The molecule has 1 aliphatic rings. The third-order valence-corrected chi connectivity index (χ3v) is 5.21. The summed E-state index contributed by atoms with van der Waals surface area (Å²) in [5.74, 6) is -0.0917. The van der Waals surface area contributed by atoms with Crippen molar-refractivity contribution >= 4 is 28.1 Å². The fraction of sp³-hybridized carbons (Fsp3) is 0.261. The molecule has 1 atom stereocenters. The molecule has 3 aromatic rings. The van der Waals surface area contributed by atoms with Crippen LogP contribution in [0.3, 0.4) is 0 Å². The van der Waals surface area contributed by atoms with Gasteiger partial charge in [0.25, 0.3) is 5.91 Å². The predicted molar refractivity (Wildman–Crippen MR) is 111 cm³/mol. The van der Waals surface area contributed by atoms with Crippen LogP contribution < -0.4 is 10.2 Å². The Morgan fingerprint density at radius 3 is 2.59 bits per heavy atom. The van der Waals surface area contributed by atoms with Gasteiger partial charge >= 0.3 is 0 Å². The van der Waals surface area contributed by atoms with E-state index in [1.54, 1.807) is 7.11 Å². The summed E-state index contributed by atoms with van der Waals surface area (Å²) in [7, 11) is 1.78. The highest BCUT2D eigenvalue weighted by atomic mass is 16.5. The number of hydrogen-bond acceptors (Lipinski definition) is 3. The van der Waals surface area contributed by atoms with Gasteiger partial charge < -0.3 is 15.0 Å². The molecule has 1 saturated heterocycles. The fourth-order valence-electron chi connectivity index (χ4n) is 3.65. The van der Waals surface area contributed by atoms with Gasteiger partial charge in [0, 0.05) is 37.1 Å². The molecule has 4 rings (SSSR count). The third-order valence-electron chi connectivity index (χ3n) is 5.21. The molecule has 0 aromatic heterocycles. The maximum Gasteiger partial charge on any atom is 0.255 e. The highest BCUT2D eigenvalue weighted by Gasteiger charge is 2.19. The zero-order valence-corrected chi connectivity index (χ0v) is 15.5. The SMILES string of the molecule is COC1CCCN(c2ccc(NC(=O)c3ccc4ccccc4c3)cc2)C1. The average molecular weight is 360 g/mol. The van der Waals surface area contributed by atoms with Gasteiger partial charge in [-0.15, -0.1) is 0 Å². The molecule has 1 fully saturated rings. The van der Waals surface area contributed by atoms with Crippen LogP contribution in [0.4, 0.5) is 11.4 Å². The lowest BCUT2D eigenvalue weighted by Crippen LogP contribution is -2.39. The van der Waals surface area contributed by atoms with Crippen molar-refractivity contribution in [3.8, 4) is 0 Å². The van der Waals surface area contributed by atoms with Crippen LogP contribution in [0, 0.1) is 0 Å². The quantitative estimate of drug-likeness (QED) is 0.733. The number of rotatable bonds is 4. The molecule has 0 saturated carbocycles.